The fraction of sp³-hybridized carbons (Fsp3) is 0.120. The van der Waals surface area contributed by atoms with Gasteiger partial charge in [-0.1, -0.05) is 36.4 Å². The second kappa shape index (κ2) is 8.75. The number of carbonyl (C=O) groups is 2. The van der Waals surface area contributed by atoms with Crippen LogP contribution in [0.3, 0.4) is 0 Å². The quantitative estimate of drug-likeness (QED) is 0.415. The van der Waals surface area contributed by atoms with Crippen LogP contribution < -0.4 is 18.9 Å². The molecule has 0 radical (unpaired) electrons. The third-order valence-electron chi connectivity index (χ3n) is 4.81. The molecule has 0 aromatic heterocycles. The molecule has 0 spiro atoms. The van der Waals surface area contributed by atoms with E-state index in [-0.39, 0.29) is 23.9 Å². The number of fused-ring (bicyclic) bond motifs is 1. The molecule has 0 N–H and O–H groups in total. The molecule has 31 heavy (non-hydrogen) atoms. The maximum Gasteiger partial charge on any atom is 0.231 e. The number of allylic oxidation sites excluding steroid dienone is 1. The van der Waals surface area contributed by atoms with Crippen molar-refractivity contribution in [2.75, 3.05) is 20.8 Å². The summed E-state index contributed by atoms with van der Waals surface area (Å²) in [5.74, 6) is 1.82. The lowest BCUT2D eigenvalue weighted by Crippen LogP contribution is -2.11. The Labute approximate surface area is 179 Å². The standard InChI is InChI=1S/C25H20O6/c1-28-21-11-8-16(12-23(21)29-2)13-24-25(27)19-10-9-18(14-22(19)31-24)30-15-20(26)17-6-4-3-5-7-17/h3-14H,15H2,1-2H3. The van der Waals surface area contributed by atoms with E-state index in [9.17, 15) is 9.59 Å². The van der Waals surface area contributed by atoms with Crippen molar-refractivity contribution in [3.63, 3.8) is 0 Å². The number of hydrogen-bond acceptors (Lipinski definition) is 6. The van der Waals surface area contributed by atoms with Crippen LogP contribution in [0.4, 0.5) is 0 Å². The summed E-state index contributed by atoms with van der Waals surface area (Å²) in [6.07, 6.45) is 1.64. The first kappa shape index (κ1) is 20.2. The molecule has 0 bridgehead atoms. The molecular formula is C25H20O6. The van der Waals surface area contributed by atoms with Gasteiger partial charge in [-0.3, -0.25) is 9.59 Å². The molecule has 0 saturated carbocycles. The summed E-state index contributed by atoms with van der Waals surface area (Å²) in [4.78, 5) is 24.9. The predicted molar refractivity (Wildman–Crippen MR) is 115 cm³/mol. The van der Waals surface area contributed by atoms with Crippen LogP contribution in [-0.4, -0.2) is 32.4 Å². The first-order chi connectivity index (χ1) is 15.1. The van der Waals surface area contributed by atoms with Gasteiger partial charge in [0.1, 0.15) is 11.5 Å². The average Bonchev–Trinajstić information content (AvgIpc) is 3.12. The number of methoxy groups -OCH3 is 2. The number of benzene rings is 3. The van der Waals surface area contributed by atoms with E-state index in [0.717, 1.165) is 5.56 Å². The number of ether oxygens (including phenoxy) is 4. The topological polar surface area (TPSA) is 71.1 Å². The van der Waals surface area contributed by atoms with Crippen molar-refractivity contribution < 1.29 is 28.5 Å². The zero-order valence-corrected chi connectivity index (χ0v) is 17.1. The Bertz CT molecular complexity index is 1160. The van der Waals surface area contributed by atoms with E-state index in [1.807, 2.05) is 6.07 Å². The molecule has 0 saturated heterocycles. The van der Waals surface area contributed by atoms with Gasteiger partial charge in [0.25, 0.3) is 0 Å². The summed E-state index contributed by atoms with van der Waals surface area (Å²) in [7, 11) is 3.11. The Hall–Kier alpha value is -4.06. The molecule has 0 atom stereocenters. The Morgan fingerprint density at radius 3 is 2.45 bits per heavy atom. The van der Waals surface area contributed by atoms with E-state index in [0.29, 0.717) is 34.1 Å². The monoisotopic (exact) mass is 416 g/mol. The van der Waals surface area contributed by atoms with E-state index in [1.54, 1.807) is 81.0 Å². The van der Waals surface area contributed by atoms with E-state index in [2.05, 4.69) is 0 Å². The Morgan fingerprint density at radius 1 is 0.935 bits per heavy atom. The molecule has 0 fully saturated rings. The number of ketones is 2. The molecule has 0 amide bonds. The molecular weight excluding hydrogens is 396 g/mol. The van der Waals surface area contributed by atoms with Crippen LogP contribution in [0.5, 0.6) is 23.0 Å². The molecule has 1 aliphatic rings. The molecule has 156 valence electrons. The van der Waals surface area contributed by atoms with Gasteiger partial charge in [0.15, 0.2) is 29.6 Å². The van der Waals surface area contributed by atoms with Gasteiger partial charge in [-0.2, -0.15) is 0 Å². The SMILES string of the molecule is COc1ccc(C=C2Oc3cc(OCC(=O)c4ccccc4)ccc3C2=O)cc1OC. The maximum absolute atomic E-state index is 12.7. The summed E-state index contributed by atoms with van der Waals surface area (Å²) < 4.78 is 21.9. The van der Waals surface area contributed by atoms with Crippen molar-refractivity contribution in [1.29, 1.82) is 0 Å². The van der Waals surface area contributed by atoms with E-state index < -0.39 is 0 Å². The first-order valence-corrected chi connectivity index (χ1v) is 9.60. The summed E-state index contributed by atoms with van der Waals surface area (Å²) in [5.41, 5.74) is 1.75. The number of carbonyl (C=O) groups excluding carboxylic acids is 2. The van der Waals surface area contributed by atoms with Crippen molar-refractivity contribution >= 4 is 17.6 Å². The van der Waals surface area contributed by atoms with Crippen molar-refractivity contribution in [2.24, 2.45) is 0 Å². The highest BCUT2D eigenvalue weighted by Gasteiger charge is 2.28. The highest BCUT2D eigenvalue weighted by atomic mass is 16.5. The molecule has 4 rings (SSSR count). The van der Waals surface area contributed by atoms with Gasteiger partial charge in [0.05, 0.1) is 19.8 Å². The summed E-state index contributed by atoms with van der Waals surface area (Å²) >= 11 is 0. The minimum absolute atomic E-state index is 0.106. The fourth-order valence-electron chi connectivity index (χ4n) is 3.21. The van der Waals surface area contributed by atoms with Crippen molar-refractivity contribution in [2.45, 2.75) is 0 Å². The van der Waals surface area contributed by atoms with E-state index >= 15 is 0 Å². The number of hydrogen-bond donors (Lipinski definition) is 0. The lowest BCUT2D eigenvalue weighted by molar-refractivity contribution is 0.0921. The highest BCUT2D eigenvalue weighted by molar-refractivity contribution is 6.14. The lowest BCUT2D eigenvalue weighted by Gasteiger charge is -2.08. The van der Waals surface area contributed by atoms with Crippen LogP contribution in [0.1, 0.15) is 26.3 Å². The van der Waals surface area contributed by atoms with Crippen molar-refractivity contribution in [3.05, 3.63) is 89.2 Å². The van der Waals surface area contributed by atoms with Crippen LogP contribution in [0.25, 0.3) is 6.08 Å². The third-order valence-corrected chi connectivity index (χ3v) is 4.81. The molecule has 1 heterocycles. The Kier molecular flexibility index (Phi) is 5.71. The maximum atomic E-state index is 12.7. The largest absolute Gasteiger partial charge is 0.493 e. The zero-order valence-electron chi connectivity index (χ0n) is 17.1. The molecule has 6 nitrogen and oxygen atoms in total. The molecule has 3 aromatic rings. The van der Waals surface area contributed by atoms with Crippen LogP contribution in [0.15, 0.2) is 72.5 Å². The Balaban J connectivity index is 1.49. The van der Waals surface area contributed by atoms with Crippen LogP contribution in [0.2, 0.25) is 0 Å². The van der Waals surface area contributed by atoms with Gasteiger partial charge in [0, 0.05) is 11.6 Å². The van der Waals surface area contributed by atoms with Crippen molar-refractivity contribution in [1.82, 2.24) is 0 Å². The minimum atomic E-state index is -0.225. The molecule has 6 heteroatoms. The predicted octanol–water partition coefficient (Wildman–Crippen LogP) is 4.58. The van der Waals surface area contributed by atoms with Crippen molar-refractivity contribution in [3.8, 4) is 23.0 Å². The third kappa shape index (κ3) is 4.28. The van der Waals surface area contributed by atoms with Gasteiger partial charge >= 0.3 is 0 Å². The first-order valence-electron chi connectivity index (χ1n) is 9.60. The summed E-state index contributed by atoms with van der Waals surface area (Å²) in [6, 6.07) is 19.1. The van der Waals surface area contributed by atoms with Gasteiger partial charge in [-0.15, -0.1) is 0 Å². The van der Waals surface area contributed by atoms with Gasteiger partial charge in [-0.05, 0) is 35.9 Å². The number of rotatable bonds is 7. The highest BCUT2D eigenvalue weighted by Crippen LogP contribution is 2.36. The normalized spacial score (nSPS) is 13.5. The molecule has 3 aromatic carbocycles. The second-order valence-electron chi connectivity index (χ2n) is 6.79. The minimum Gasteiger partial charge on any atom is -0.493 e. The zero-order chi connectivity index (χ0) is 21.8. The van der Waals surface area contributed by atoms with Crippen LogP contribution in [-0.2, 0) is 0 Å². The lowest BCUT2D eigenvalue weighted by atomic mass is 10.1. The van der Waals surface area contributed by atoms with Crippen LogP contribution in [0, 0.1) is 0 Å². The Morgan fingerprint density at radius 2 is 1.71 bits per heavy atom. The molecule has 0 aliphatic carbocycles. The summed E-state index contributed by atoms with van der Waals surface area (Å²) in [5, 5.41) is 0. The second-order valence-corrected chi connectivity index (χ2v) is 6.79. The van der Waals surface area contributed by atoms with E-state index in [4.69, 9.17) is 18.9 Å². The van der Waals surface area contributed by atoms with Gasteiger partial charge in [-0.25, -0.2) is 0 Å². The van der Waals surface area contributed by atoms with Gasteiger partial charge < -0.3 is 18.9 Å². The average molecular weight is 416 g/mol. The molecule has 1 aliphatic heterocycles. The number of Topliss-reactive ketones (excluding diaryl/α,β-unsaturated/α-hetero) is 2. The van der Waals surface area contributed by atoms with Crippen LogP contribution >= 0.6 is 0 Å². The van der Waals surface area contributed by atoms with E-state index in [1.165, 1.54) is 0 Å². The summed E-state index contributed by atoms with van der Waals surface area (Å²) in [6.45, 7) is -0.106. The fourth-order valence-corrected chi connectivity index (χ4v) is 3.21. The van der Waals surface area contributed by atoms with Gasteiger partial charge in [0.2, 0.25) is 5.78 Å². The molecule has 0 unspecified atom stereocenters. The smallest absolute Gasteiger partial charge is 0.231 e.